The molecular weight excluding hydrogens is 216 g/mol. The highest BCUT2D eigenvalue weighted by atomic mass is 32.1. The molecule has 0 radical (unpaired) electrons. The zero-order valence-corrected chi connectivity index (χ0v) is 10.9. The summed E-state index contributed by atoms with van der Waals surface area (Å²) in [6, 6.07) is 0.442. The number of hydrogen-bond donors (Lipinski definition) is 1. The van der Waals surface area contributed by atoms with Gasteiger partial charge in [-0.05, 0) is 45.6 Å². The van der Waals surface area contributed by atoms with Crippen molar-refractivity contribution in [1.82, 2.24) is 10.3 Å². The van der Waals surface area contributed by atoms with E-state index in [4.69, 9.17) is 0 Å². The van der Waals surface area contributed by atoms with Crippen LogP contribution in [-0.4, -0.2) is 11.5 Å². The lowest BCUT2D eigenvalue weighted by molar-refractivity contribution is 0.417. The topological polar surface area (TPSA) is 24.9 Å². The summed E-state index contributed by atoms with van der Waals surface area (Å²) in [5.74, 6) is 0.821. The van der Waals surface area contributed by atoms with Crippen molar-refractivity contribution in [3.05, 3.63) is 28.2 Å². The van der Waals surface area contributed by atoms with Crippen molar-refractivity contribution in [3.8, 4) is 0 Å². The Labute approximate surface area is 102 Å². The Hall–Kier alpha value is -0.670. The zero-order valence-electron chi connectivity index (χ0n) is 10.1. The highest BCUT2D eigenvalue weighted by molar-refractivity contribution is 7.11. The van der Waals surface area contributed by atoms with Crippen molar-refractivity contribution in [2.45, 2.75) is 39.2 Å². The van der Waals surface area contributed by atoms with Gasteiger partial charge in [-0.15, -0.1) is 11.3 Å². The molecule has 2 unspecified atom stereocenters. The number of nitrogens with zero attached hydrogens (tertiary/aromatic N) is 1. The first kappa shape index (κ1) is 11.8. The molecule has 0 aromatic carbocycles. The van der Waals surface area contributed by atoms with Gasteiger partial charge < -0.3 is 5.32 Å². The molecule has 0 amide bonds. The average molecular weight is 236 g/mol. The van der Waals surface area contributed by atoms with E-state index in [1.54, 1.807) is 11.3 Å². The molecule has 1 heterocycles. The monoisotopic (exact) mass is 236 g/mol. The van der Waals surface area contributed by atoms with Gasteiger partial charge in [-0.25, -0.2) is 4.98 Å². The van der Waals surface area contributed by atoms with Gasteiger partial charge in [-0.2, -0.15) is 0 Å². The van der Waals surface area contributed by atoms with E-state index in [1.165, 1.54) is 24.1 Å². The van der Waals surface area contributed by atoms with Gasteiger partial charge in [0.25, 0.3) is 0 Å². The van der Waals surface area contributed by atoms with Crippen LogP contribution in [0.5, 0.6) is 0 Å². The molecule has 2 rings (SSSR count). The van der Waals surface area contributed by atoms with E-state index in [1.807, 2.05) is 6.20 Å². The molecule has 0 aliphatic heterocycles. The normalized spacial score (nSPS) is 22.2. The Kier molecular flexibility index (Phi) is 4.13. The molecule has 0 saturated heterocycles. The fourth-order valence-corrected chi connectivity index (χ4v) is 2.88. The van der Waals surface area contributed by atoms with Crippen LogP contribution in [0.3, 0.4) is 0 Å². The number of hydrogen-bond acceptors (Lipinski definition) is 3. The lowest BCUT2D eigenvalue weighted by Crippen LogP contribution is -2.25. The predicted molar refractivity (Wildman–Crippen MR) is 69.7 cm³/mol. The van der Waals surface area contributed by atoms with Crippen molar-refractivity contribution >= 4 is 11.3 Å². The Morgan fingerprint density at radius 1 is 1.56 bits per heavy atom. The van der Waals surface area contributed by atoms with Crippen LogP contribution in [0.15, 0.2) is 18.3 Å². The van der Waals surface area contributed by atoms with Gasteiger partial charge in [0.1, 0.15) is 0 Å². The molecule has 1 aromatic heterocycles. The van der Waals surface area contributed by atoms with Gasteiger partial charge >= 0.3 is 0 Å². The summed E-state index contributed by atoms with van der Waals surface area (Å²) < 4.78 is 0. The van der Waals surface area contributed by atoms with Crippen molar-refractivity contribution in [2.24, 2.45) is 5.92 Å². The fraction of sp³-hybridized carbons (Fsp3) is 0.615. The molecule has 1 aromatic rings. The van der Waals surface area contributed by atoms with Gasteiger partial charge in [0.15, 0.2) is 0 Å². The summed E-state index contributed by atoms with van der Waals surface area (Å²) in [6.45, 7) is 5.42. The average Bonchev–Trinajstić information content (AvgIpc) is 2.74. The second-order valence-corrected chi connectivity index (χ2v) is 5.83. The van der Waals surface area contributed by atoms with E-state index in [2.05, 4.69) is 36.3 Å². The second kappa shape index (κ2) is 5.60. The third-order valence-electron chi connectivity index (χ3n) is 3.16. The first-order valence-electron chi connectivity index (χ1n) is 6.06. The molecule has 0 spiro atoms. The minimum absolute atomic E-state index is 0.442. The van der Waals surface area contributed by atoms with Gasteiger partial charge in [0.05, 0.1) is 5.01 Å². The second-order valence-electron chi connectivity index (χ2n) is 4.56. The smallest absolute Gasteiger partial charge is 0.0897 e. The molecule has 3 heteroatoms. The largest absolute Gasteiger partial charge is 0.309 e. The maximum Gasteiger partial charge on any atom is 0.0897 e. The van der Waals surface area contributed by atoms with Crippen molar-refractivity contribution in [3.63, 3.8) is 0 Å². The lowest BCUT2D eigenvalue weighted by atomic mass is 9.94. The van der Waals surface area contributed by atoms with Gasteiger partial charge in [-0.3, -0.25) is 0 Å². The summed E-state index contributed by atoms with van der Waals surface area (Å²) >= 11 is 1.79. The molecule has 2 atom stereocenters. The minimum Gasteiger partial charge on any atom is -0.309 e. The predicted octanol–water partition coefficient (Wildman–Crippen LogP) is 3.46. The number of aromatic nitrogens is 1. The molecule has 1 N–H and O–H groups in total. The number of aryl methyl sites for hydroxylation is 1. The summed E-state index contributed by atoms with van der Waals surface area (Å²) in [5.41, 5.74) is 0. The van der Waals surface area contributed by atoms with Gasteiger partial charge in [0, 0.05) is 17.1 Å². The number of rotatable bonds is 4. The van der Waals surface area contributed by atoms with Crippen LogP contribution >= 0.6 is 11.3 Å². The first-order chi connectivity index (χ1) is 7.75. The third-order valence-corrected chi connectivity index (χ3v) is 4.25. The molecular formula is C13H20N2S. The quantitative estimate of drug-likeness (QED) is 0.810. The number of allylic oxidation sites excluding steroid dienone is 2. The Bertz CT molecular complexity index is 357. The fourth-order valence-electron chi connectivity index (χ4n) is 2.06. The van der Waals surface area contributed by atoms with Crippen LogP contribution in [0.1, 0.15) is 42.1 Å². The molecule has 0 saturated carbocycles. The Morgan fingerprint density at radius 2 is 2.44 bits per heavy atom. The Morgan fingerprint density at radius 3 is 3.06 bits per heavy atom. The molecule has 2 nitrogen and oxygen atoms in total. The van der Waals surface area contributed by atoms with E-state index in [-0.39, 0.29) is 0 Å². The number of nitrogens with one attached hydrogen (secondary N) is 1. The summed E-state index contributed by atoms with van der Waals surface area (Å²) in [5, 5.41) is 4.78. The molecule has 1 aliphatic carbocycles. The van der Waals surface area contributed by atoms with E-state index < -0.39 is 0 Å². The zero-order chi connectivity index (χ0) is 11.4. The van der Waals surface area contributed by atoms with Crippen LogP contribution in [0.4, 0.5) is 0 Å². The standard InChI is InChI=1S/C13H20N2S/c1-10(13-9-15-11(2)16-13)14-8-12-6-4-3-5-7-12/h3-4,9-10,12,14H,5-8H2,1-2H3. The summed E-state index contributed by atoms with van der Waals surface area (Å²) in [7, 11) is 0. The van der Waals surface area contributed by atoms with Crippen LogP contribution in [0, 0.1) is 12.8 Å². The molecule has 1 aliphatic rings. The van der Waals surface area contributed by atoms with Gasteiger partial charge in [-0.1, -0.05) is 12.2 Å². The van der Waals surface area contributed by atoms with Crippen LogP contribution in [0.25, 0.3) is 0 Å². The lowest BCUT2D eigenvalue weighted by Gasteiger charge is -2.20. The first-order valence-corrected chi connectivity index (χ1v) is 6.88. The Balaban J connectivity index is 1.79. The van der Waals surface area contributed by atoms with E-state index in [0.717, 1.165) is 17.5 Å². The summed E-state index contributed by atoms with van der Waals surface area (Å²) in [6.07, 6.45) is 10.4. The van der Waals surface area contributed by atoms with E-state index in [0.29, 0.717) is 6.04 Å². The SMILES string of the molecule is Cc1ncc(C(C)NCC2CC=CCC2)s1. The summed E-state index contributed by atoms with van der Waals surface area (Å²) in [4.78, 5) is 5.65. The van der Waals surface area contributed by atoms with Crippen LogP contribution in [0.2, 0.25) is 0 Å². The molecule has 16 heavy (non-hydrogen) atoms. The third kappa shape index (κ3) is 3.16. The van der Waals surface area contributed by atoms with Crippen molar-refractivity contribution < 1.29 is 0 Å². The van der Waals surface area contributed by atoms with E-state index in [9.17, 15) is 0 Å². The maximum atomic E-state index is 4.30. The van der Waals surface area contributed by atoms with Crippen LogP contribution < -0.4 is 5.32 Å². The molecule has 88 valence electrons. The van der Waals surface area contributed by atoms with Crippen LogP contribution in [-0.2, 0) is 0 Å². The minimum atomic E-state index is 0.442. The molecule has 0 fully saturated rings. The van der Waals surface area contributed by atoms with E-state index >= 15 is 0 Å². The molecule has 0 bridgehead atoms. The van der Waals surface area contributed by atoms with Crippen molar-refractivity contribution in [1.29, 1.82) is 0 Å². The van der Waals surface area contributed by atoms with Gasteiger partial charge in [0.2, 0.25) is 0 Å². The van der Waals surface area contributed by atoms with Crippen molar-refractivity contribution in [2.75, 3.05) is 6.54 Å². The number of thiazole rings is 1. The highest BCUT2D eigenvalue weighted by Gasteiger charge is 2.13. The highest BCUT2D eigenvalue weighted by Crippen LogP contribution is 2.22. The maximum absolute atomic E-state index is 4.30.